The molecule has 2 aromatic carbocycles. The van der Waals surface area contributed by atoms with Gasteiger partial charge in [-0.2, -0.15) is 4.98 Å². The van der Waals surface area contributed by atoms with Crippen molar-refractivity contribution in [2.75, 3.05) is 11.1 Å². The molecule has 5 nitrogen and oxygen atoms in total. The number of carbonyl (C=O) groups excluding carboxylic acids is 1. The highest BCUT2D eigenvalue weighted by molar-refractivity contribution is 9.10. The van der Waals surface area contributed by atoms with Gasteiger partial charge in [0, 0.05) is 15.7 Å². The van der Waals surface area contributed by atoms with Crippen molar-refractivity contribution in [2.24, 2.45) is 0 Å². The molecule has 1 amide bonds. The molecule has 1 aromatic heterocycles. The molecule has 3 aromatic rings. The maximum Gasteiger partial charge on any atom is 0.286 e. The lowest BCUT2D eigenvalue weighted by atomic mass is 10.1. The number of carbonyl (C=O) groups is 1. The number of amides is 1. The van der Waals surface area contributed by atoms with Crippen LogP contribution in [0.3, 0.4) is 0 Å². The molecule has 0 saturated heterocycles. The van der Waals surface area contributed by atoms with Crippen LogP contribution in [-0.2, 0) is 4.79 Å². The molecule has 1 heterocycles. The monoisotopic (exact) mass is 403 g/mol. The van der Waals surface area contributed by atoms with E-state index in [4.69, 9.17) is 4.52 Å². The quantitative estimate of drug-likeness (QED) is 0.633. The molecule has 0 atom stereocenters. The number of halogens is 1. The van der Waals surface area contributed by atoms with E-state index in [-0.39, 0.29) is 11.7 Å². The molecule has 0 aliphatic carbocycles. The van der Waals surface area contributed by atoms with Crippen molar-refractivity contribution in [1.82, 2.24) is 10.1 Å². The smallest absolute Gasteiger partial charge is 0.286 e. The van der Waals surface area contributed by atoms with Crippen LogP contribution in [0.25, 0.3) is 11.4 Å². The molecule has 7 heteroatoms. The van der Waals surface area contributed by atoms with Crippen LogP contribution in [0.15, 0.2) is 62.7 Å². The Bertz CT molecular complexity index is 832. The summed E-state index contributed by atoms with van der Waals surface area (Å²) < 4.78 is 6.14. The summed E-state index contributed by atoms with van der Waals surface area (Å²) in [5.41, 5.74) is 2.80. The zero-order chi connectivity index (χ0) is 16.9. The number of thioether (sulfide) groups is 1. The number of nitrogens with one attached hydrogen (secondary N) is 1. The Labute approximate surface area is 152 Å². The average molecular weight is 404 g/mol. The van der Waals surface area contributed by atoms with Crippen LogP contribution in [0.4, 0.5) is 5.69 Å². The minimum Gasteiger partial charge on any atom is -0.327 e. The molecule has 0 saturated carbocycles. The Morgan fingerprint density at radius 3 is 2.58 bits per heavy atom. The lowest BCUT2D eigenvalue weighted by Gasteiger charge is -2.03. The molecule has 0 bridgehead atoms. The maximum atomic E-state index is 12.0. The number of aromatic nitrogens is 2. The van der Waals surface area contributed by atoms with Crippen molar-refractivity contribution in [3.05, 3.63) is 58.6 Å². The predicted molar refractivity (Wildman–Crippen MR) is 98.0 cm³/mol. The number of nitrogens with zero attached hydrogens (tertiary/aromatic N) is 2. The molecule has 0 aliphatic heterocycles. The Morgan fingerprint density at radius 1 is 1.17 bits per heavy atom. The molecular formula is C17H14BrN3O2S. The van der Waals surface area contributed by atoms with Crippen LogP contribution < -0.4 is 5.32 Å². The van der Waals surface area contributed by atoms with Gasteiger partial charge in [-0.1, -0.05) is 62.7 Å². The van der Waals surface area contributed by atoms with Gasteiger partial charge in [-0.05, 0) is 31.2 Å². The second-order valence-corrected chi connectivity index (χ2v) is 6.94. The van der Waals surface area contributed by atoms with Gasteiger partial charge < -0.3 is 9.84 Å². The summed E-state index contributed by atoms with van der Waals surface area (Å²) in [6.45, 7) is 2.02. The van der Waals surface area contributed by atoms with Crippen molar-refractivity contribution in [3.8, 4) is 11.4 Å². The normalized spacial score (nSPS) is 10.6. The van der Waals surface area contributed by atoms with E-state index >= 15 is 0 Å². The van der Waals surface area contributed by atoms with E-state index in [1.807, 2.05) is 55.5 Å². The highest BCUT2D eigenvalue weighted by Crippen LogP contribution is 2.22. The third-order valence-electron chi connectivity index (χ3n) is 3.17. The van der Waals surface area contributed by atoms with Gasteiger partial charge in [0.15, 0.2) is 0 Å². The molecule has 0 aliphatic rings. The summed E-state index contributed by atoms with van der Waals surface area (Å²) in [7, 11) is 0. The number of hydrogen-bond acceptors (Lipinski definition) is 5. The number of anilines is 1. The summed E-state index contributed by atoms with van der Waals surface area (Å²) in [4.78, 5) is 16.3. The van der Waals surface area contributed by atoms with E-state index in [2.05, 4.69) is 31.4 Å². The van der Waals surface area contributed by atoms with Crippen molar-refractivity contribution < 1.29 is 9.32 Å². The molecule has 3 rings (SSSR count). The minimum absolute atomic E-state index is 0.127. The van der Waals surface area contributed by atoms with Gasteiger partial charge in [-0.25, -0.2) is 0 Å². The SMILES string of the molecule is Cc1ccc(-c2noc(SCC(=O)Nc3ccc(Br)cc3)n2)cc1. The first-order valence-electron chi connectivity index (χ1n) is 7.19. The van der Waals surface area contributed by atoms with Gasteiger partial charge in [0.2, 0.25) is 11.7 Å². The number of rotatable bonds is 5. The van der Waals surface area contributed by atoms with Gasteiger partial charge in [-0.15, -0.1) is 0 Å². The van der Waals surface area contributed by atoms with E-state index in [0.29, 0.717) is 11.0 Å². The van der Waals surface area contributed by atoms with E-state index in [1.54, 1.807) is 0 Å². The summed E-state index contributed by atoms with van der Waals surface area (Å²) in [5.74, 6) is 0.592. The van der Waals surface area contributed by atoms with Crippen LogP contribution in [0.1, 0.15) is 5.56 Å². The Hall–Kier alpha value is -2.12. The third kappa shape index (κ3) is 4.46. The fraction of sp³-hybridized carbons (Fsp3) is 0.118. The molecule has 24 heavy (non-hydrogen) atoms. The first kappa shape index (κ1) is 16.7. The lowest BCUT2D eigenvalue weighted by molar-refractivity contribution is -0.113. The predicted octanol–water partition coefficient (Wildman–Crippen LogP) is 4.54. The summed E-state index contributed by atoms with van der Waals surface area (Å²) in [6.07, 6.45) is 0. The molecule has 0 radical (unpaired) electrons. The molecule has 0 unspecified atom stereocenters. The van der Waals surface area contributed by atoms with Crippen molar-refractivity contribution in [3.63, 3.8) is 0 Å². The number of hydrogen-bond donors (Lipinski definition) is 1. The molecule has 0 spiro atoms. The molecule has 1 N–H and O–H groups in total. The Morgan fingerprint density at radius 2 is 1.88 bits per heavy atom. The summed E-state index contributed by atoms with van der Waals surface area (Å²) in [6, 6.07) is 15.3. The van der Waals surface area contributed by atoms with Crippen molar-refractivity contribution >= 4 is 39.3 Å². The molecular weight excluding hydrogens is 390 g/mol. The first-order chi connectivity index (χ1) is 11.6. The molecule has 0 fully saturated rings. The zero-order valence-electron chi connectivity index (χ0n) is 12.8. The minimum atomic E-state index is -0.127. The number of aryl methyl sites for hydroxylation is 1. The van der Waals surface area contributed by atoms with E-state index < -0.39 is 0 Å². The van der Waals surface area contributed by atoms with Crippen molar-refractivity contribution in [1.29, 1.82) is 0 Å². The maximum absolute atomic E-state index is 12.0. The van der Waals surface area contributed by atoms with E-state index in [1.165, 1.54) is 17.3 Å². The van der Waals surface area contributed by atoms with Crippen LogP contribution in [0.5, 0.6) is 0 Å². The largest absolute Gasteiger partial charge is 0.327 e. The van der Waals surface area contributed by atoms with Crippen LogP contribution >= 0.6 is 27.7 Å². The van der Waals surface area contributed by atoms with Gasteiger partial charge in [0.1, 0.15) is 0 Å². The van der Waals surface area contributed by atoms with Gasteiger partial charge in [-0.3, -0.25) is 4.79 Å². The Kier molecular flexibility index (Phi) is 5.32. The van der Waals surface area contributed by atoms with Gasteiger partial charge in [0.25, 0.3) is 5.22 Å². The van der Waals surface area contributed by atoms with E-state index in [0.717, 1.165) is 15.7 Å². The standard InChI is InChI=1S/C17H14BrN3O2S/c1-11-2-4-12(5-3-11)16-20-17(23-21-16)24-10-15(22)19-14-8-6-13(18)7-9-14/h2-9H,10H2,1H3,(H,19,22). The van der Waals surface area contributed by atoms with Crippen LogP contribution in [0.2, 0.25) is 0 Å². The second-order valence-electron chi connectivity index (χ2n) is 5.09. The average Bonchev–Trinajstić information content (AvgIpc) is 3.05. The summed E-state index contributed by atoms with van der Waals surface area (Å²) in [5, 5.41) is 7.13. The number of benzene rings is 2. The zero-order valence-corrected chi connectivity index (χ0v) is 15.2. The second kappa shape index (κ2) is 7.63. The first-order valence-corrected chi connectivity index (χ1v) is 8.97. The highest BCUT2D eigenvalue weighted by atomic mass is 79.9. The van der Waals surface area contributed by atoms with Crippen LogP contribution in [0, 0.1) is 6.92 Å². The van der Waals surface area contributed by atoms with Crippen LogP contribution in [-0.4, -0.2) is 21.8 Å². The fourth-order valence-electron chi connectivity index (χ4n) is 1.95. The summed E-state index contributed by atoms with van der Waals surface area (Å²) >= 11 is 4.56. The molecule has 122 valence electrons. The van der Waals surface area contributed by atoms with Crippen molar-refractivity contribution in [2.45, 2.75) is 12.1 Å². The topological polar surface area (TPSA) is 68.0 Å². The third-order valence-corrected chi connectivity index (χ3v) is 4.52. The highest BCUT2D eigenvalue weighted by Gasteiger charge is 2.11. The fourth-order valence-corrected chi connectivity index (χ4v) is 2.78. The van der Waals surface area contributed by atoms with Gasteiger partial charge >= 0.3 is 0 Å². The Balaban J connectivity index is 1.56. The lowest BCUT2D eigenvalue weighted by Crippen LogP contribution is -2.13. The van der Waals surface area contributed by atoms with Gasteiger partial charge in [0.05, 0.1) is 5.75 Å². The van der Waals surface area contributed by atoms with E-state index in [9.17, 15) is 4.79 Å².